The molecule has 2 fully saturated rings. The molecule has 1 aliphatic heterocycles. The van der Waals surface area contributed by atoms with Crippen LogP contribution in [0.2, 0.25) is 0 Å². The van der Waals surface area contributed by atoms with Gasteiger partial charge in [0.2, 0.25) is 0 Å². The Labute approximate surface area is 90.7 Å². The second-order valence-electron chi connectivity index (χ2n) is 5.00. The van der Waals surface area contributed by atoms with E-state index in [9.17, 15) is 0 Å². The molecule has 0 atom stereocenters. The van der Waals surface area contributed by atoms with Gasteiger partial charge < -0.3 is 10.3 Å². The first kappa shape index (κ1) is 9.40. The molecular weight excluding hydrogens is 186 g/mol. The molecule has 0 spiro atoms. The molecular formula is C12H19N3. The number of rotatable bonds is 3. The Balaban J connectivity index is 1.64. The second-order valence-corrected chi connectivity index (χ2v) is 5.00. The third kappa shape index (κ3) is 1.93. The fourth-order valence-corrected chi connectivity index (χ4v) is 2.69. The van der Waals surface area contributed by atoms with Gasteiger partial charge in [-0.05, 0) is 31.8 Å². The second kappa shape index (κ2) is 3.97. The Kier molecular flexibility index (Phi) is 2.49. The highest BCUT2D eigenvalue weighted by atomic mass is 15.0. The zero-order chi connectivity index (χ0) is 10.1. The molecule has 0 radical (unpaired) electrons. The van der Waals surface area contributed by atoms with Crippen molar-refractivity contribution in [2.24, 2.45) is 5.92 Å². The van der Waals surface area contributed by atoms with Crippen molar-refractivity contribution in [3.63, 3.8) is 0 Å². The quantitative estimate of drug-likeness (QED) is 0.790. The van der Waals surface area contributed by atoms with E-state index in [1.165, 1.54) is 50.3 Å². The van der Waals surface area contributed by atoms with Crippen molar-refractivity contribution < 1.29 is 0 Å². The molecule has 1 aromatic rings. The molecule has 3 nitrogen and oxygen atoms in total. The van der Waals surface area contributed by atoms with Crippen LogP contribution in [0, 0.1) is 5.92 Å². The number of nitrogens with one attached hydrogen (secondary N) is 2. The van der Waals surface area contributed by atoms with Gasteiger partial charge in [-0.25, -0.2) is 4.98 Å². The molecule has 2 aliphatic rings. The molecule has 1 aromatic heterocycles. The van der Waals surface area contributed by atoms with E-state index in [-0.39, 0.29) is 0 Å². The fourth-order valence-electron chi connectivity index (χ4n) is 2.69. The highest BCUT2D eigenvalue weighted by molar-refractivity contribution is 5.09. The van der Waals surface area contributed by atoms with E-state index in [1.54, 1.807) is 0 Å². The molecule has 15 heavy (non-hydrogen) atoms. The molecule has 0 bridgehead atoms. The maximum absolute atomic E-state index is 4.50. The van der Waals surface area contributed by atoms with E-state index in [0.717, 1.165) is 18.3 Å². The van der Waals surface area contributed by atoms with Gasteiger partial charge in [-0.1, -0.05) is 12.8 Å². The van der Waals surface area contributed by atoms with Crippen molar-refractivity contribution in [2.45, 2.75) is 38.0 Å². The van der Waals surface area contributed by atoms with E-state index in [1.807, 2.05) is 0 Å². The van der Waals surface area contributed by atoms with E-state index in [4.69, 9.17) is 0 Å². The number of aromatic nitrogens is 2. The molecule has 82 valence electrons. The predicted octanol–water partition coefficient (Wildman–Crippen LogP) is 1.83. The lowest BCUT2D eigenvalue weighted by molar-refractivity contribution is 0.341. The van der Waals surface area contributed by atoms with Crippen LogP contribution in [0.1, 0.15) is 43.1 Å². The minimum Gasteiger partial charge on any atom is -0.346 e. The van der Waals surface area contributed by atoms with Crippen molar-refractivity contribution in [1.29, 1.82) is 0 Å². The van der Waals surface area contributed by atoms with Crippen LogP contribution in [0.4, 0.5) is 0 Å². The number of imidazole rings is 1. The van der Waals surface area contributed by atoms with Crippen molar-refractivity contribution in [3.05, 3.63) is 17.7 Å². The van der Waals surface area contributed by atoms with Crippen LogP contribution in [-0.4, -0.2) is 23.1 Å². The molecule has 0 aromatic carbocycles. The van der Waals surface area contributed by atoms with E-state index in [0.29, 0.717) is 0 Å². The Hall–Kier alpha value is -0.830. The van der Waals surface area contributed by atoms with E-state index < -0.39 is 0 Å². The summed E-state index contributed by atoms with van der Waals surface area (Å²) in [6.45, 7) is 2.33. The summed E-state index contributed by atoms with van der Waals surface area (Å²) < 4.78 is 0. The van der Waals surface area contributed by atoms with Crippen LogP contribution in [0.25, 0.3) is 0 Å². The Morgan fingerprint density at radius 3 is 2.73 bits per heavy atom. The number of nitrogens with zero attached hydrogens (tertiary/aromatic N) is 1. The summed E-state index contributed by atoms with van der Waals surface area (Å²) in [5.41, 5.74) is 1.38. The molecule has 1 aliphatic carbocycles. The zero-order valence-corrected chi connectivity index (χ0v) is 9.13. The molecule has 3 rings (SSSR count). The lowest BCUT2D eigenvalue weighted by Gasteiger charge is -2.25. The third-order valence-corrected chi connectivity index (χ3v) is 3.79. The summed E-state index contributed by atoms with van der Waals surface area (Å²) in [7, 11) is 0. The first-order chi connectivity index (χ1) is 7.42. The zero-order valence-electron chi connectivity index (χ0n) is 9.13. The fraction of sp³-hybridized carbons (Fsp3) is 0.750. The summed E-state index contributed by atoms with van der Waals surface area (Å²) in [6.07, 6.45) is 8.69. The molecule has 1 saturated heterocycles. The van der Waals surface area contributed by atoms with Gasteiger partial charge in [-0.2, -0.15) is 0 Å². The molecule has 0 amide bonds. The minimum atomic E-state index is 0.769. The average Bonchev–Trinajstić information content (AvgIpc) is 2.82. The summed E-state index contributed by atoms with van der Waals surface area (Å²) in [6, 6.07) is 0. The minimum absolute atomic E-state index is 0.769. The number of H-pyrrole nitrogens is 1. The Bertz CT molecular complexity index is 321. The number of hydrogen-bond donors (Lipinski definition) is 2. The summed E-state index contributed by atoms with van der Waals surface area (Å²) in [5, 5.41) is 3.30. The van der Waals surface area contributed by atoms with Gasteiger partial charge in [0, 0.05) is 24.2 Å². The molecule has 2 heterocycles. The Morgan fingerprint density at radius 2 is 2.07 bits per heavy atom. The molecule has 3 heteroatoms. The van der Waals surface area contributed by atoms with Crippen molar-refractivity contribution >= 4 is 0 Å². The SMILES string of the molecule is c1nc(CC2CNC2)[nH]c1C1CCCC1. The Morgan fingerprint density at radius 1 is 1.27 bits per heavy atom. The first-order valence-corrected chi connectivity index (χ1v) is 6.16. The van der Waals surface area contributed by atoms with Crippen molar-refractivity contribution in [2.75, 3.05) is 13.1 Å². The molecule has 1 saturated carbocycles. The smallest absolute Gasteiger partial charge is 0.106 e. The van der Waals surface area contributed by atoms with E-state index in [2.05, 4.69) is 21.5 Å². The van der Waals surface area contributed by atoms with Gasteiger partial charge in [0.05, 0.1) is 0 Å². The lowest BCUT2D eigenvalue weighted by atomic mass is 9.99. The largest absolute Gasteiger partial charge is 0.346 e. The van der Waals surface area contributed by atoms with Crippen molar-refractivity contribution in [1.82, 2.24) is 15.3 Å². The summed E-state index contributed by atoms with van der Waals surface area (Å²) >= 11 is 0. The highest BCUT2D eigenvalue weighted by Gasteiger charge is 2.21. The summed E-state index contributed by atoms with van der Waals surface area (Å²) in [5.74, 6) is 2.78. The lowest BCUT2D eigenvalue weighted by Crippen LogP contribution is -2.43. The van der Waals surface area contributed by atoms with Crippen LogP contribution in [-0.2, 0) is 6.42 Å². The van der Waals surface area contributed by atoms with Gasteiger partial charge in [-0.15, -0.1) is 0 Å². The van der Waals surface area contributed by atoms with Gasteiger partial charge >= 0.3 is 0 Å². The first-order valence-electron chi connectivity index (χ1n) is 6.16. The van der Waals surface area contributed by atoms with Gasteiger partial charge in [0.15, 0.2) is 0 Å². The normalized spacial score (nSPS) is 23.2. The number of aromatic amines is 1. The third-order valence-electron chi connectivity index (χ3n) is 3.79. The van der Waals surface area contributed by atoms with Crippen molar-refractivity contribution in [3.8, 4) is 0 Å². The van der Waals surface area contributed by atoms with E-state index >= 15 is 0 Å². The van der Waals surface area contributed by atoms with Gasteiger partial charge in [-0.3, -0.25) is 0 Å². The van der Waals surface area contributed by atoms with Crippen LogP contribution < -0.4 is 5.32 Å². The van der Waals surface area contributed by atoms with Gasteiger partial charge in [0.25, 0.3) is 0 Å². The topological polar surface area (TPSA) is 40.7 Å². The van der Waals surface area contributed by atoms with Crippen LogP contribution in [0.5, 0.6) is 0 Å². The molecule has 2 N–H and O–H groups in total. The molecule has 0 unspecified atom stereocenters. The van der Waals surface area contributed by atoms with Gasteiger partial charge in [0.1, 0.15) is 5.82 Å². The predicted molar refractivity (Wildman–Crippen MR) is 59.9 cm³/mol. The van der Waals surface area contributed by atoms with Crippen LogP contribution in [0.15, 0.2) is 6.20 Å². The van der Waals surface area contributed by atoms with Crippen LogP contribution >= 0.6 is 0 Å². The summed E-state index contributed by atoms with van der Waals surface area (Å²) in [4.78, 5) is 8.01. The maximum Gasteiger partial charge on any atom is 0.106 e. The highest BCUT2D eigenvalue weighted by Crippen LogP contribution is 2.33. The maximum atomic E-state index is 4.50. The van der Waals surface area contributed by atoms with Crippen LogP contribution in [0.3, 0.4) is 0 Å². The number of hydrogen-bond acceptors (Lipinski definition) is 2. The standard InChI is InChI=1S/C12H19N3/c1-2-4-10(3-1)11-8-14-12(15-11)5-9-6-13-7-9/h8-10,13H,1-7H2,(H,14,15). The average molecular weight is 205 g/mol. The monoisotopic (exact) mass is 205 g/mol.